The SMILES string of the molecule is CC1CCN(C(=O)c2ccccc2SCC#N)CC1O. The predicted octanol–water partition coefficient (Wildman–Crippen LogP) is 2.15. The minimum Gasteiger partial charge on any atom is -0.391 e. The molecule has 1 saturated heterocycles. The molecule has 1 aliphatic heterocycles. The molecule has 1 aromatic carbocycles. The van der Waals surface area contributed by atoms with E-state index < -0.39 is 6.10 Å². The summed E-state index contributed by atoms with van der Waals surface area (Å²) in [6, 6.07) is 9.41. The highest BCUT2D eigenvalue weighted by Gasteiger charge is 2.28. The number of aliphatic hydroxyl groups is 1. The van der Waals surface area contributed by atoms with Crippen LogP contribution in [-0.4, -0.2) is 40.9 Å². The van der Waals surface area contributed by atoms with Crippen molar-refractivity contribution in [2.45, 2.75) is 24.3 Å². The van der Waals surface area contributed by atoms with Gasteiger partial charge in [0.25, 0.3) is 5.91 Å². The number of nitrogens with zero attached hydrogens (tertiary/aromatic N) is 2. The van der Waals surface area contributed by atoms with Crippen LogP contribution in [-0.2, 0) is 0 Å². The Hall–Kier alpha value is -1.51. The minimum absolute atomic E-state index is 0.0583. The van der Waals surface area contributed by atoms with Gasteiger partial charge in [-0.1, -0.05) is 19.1 Å². The van der Waals surface area contributed by atoms with Crippen LogP contribution in [0, 0.1) is 17.2 Å². The molecule has 1 N–H and O–H groups in total. The summed E-state index contributed by atoms with van der Waals surface area (Å²) < 4.78 is 0. The molecular formula is C15H18N2O2S. The lowest BCUT2D eigenvalue weighted by molar-refractivity contribution is 0.0246. The molecule has 0 aliphatic carbocycles. The lowest BCUT2D eigenvalue weighted by atomic mass is 9.95. The third-order valence-corrected chi connectivity index (χ3v) is 4.56. The molecule has 4 nitrogen and oxygen atoms in total. The smallest absolute Gasteiger partial charge is 0.255 e. The largest absolute Gasteiger partial charge is 0.391 e. The van der Waals surface area contributed by atoms with E-state index in [1.165, 1.54) is 11.8 Å². The molecule has 1 aliphatic rings. The number of thioether (sulfide) groups is 1. The Morgan fingerprint density at radius 3 is 3.00 bits per heavy atom. The maximum absolute atomic E-state index is 12.6. The molecule has 0 bridgehead atoms. The fraction of sp³-hybridized carbons (Fsp3) is 0.467. The van der Waals surface area contributed by atoms with Crippen molar-refractivity contribution in [3.63, 3.8) is 0 Å². The monoisotopic (exact) mass is 290 g/mol. The van der Waals surface area contributed by atoms with E-state index in [0.717, 1.165) is 11.3 Å². The van der Waals surface area contributed by atoms with Gasteiger partial charge < -0.3 is 10.0 Å². The highest BCUT2D eigenvalue weighted by Crippen LogP contribution is 2.25. The van der Waals surface area contributed by atoms with E-state index in [9.17, 15) is 9.90 Å². The first-order valence-electron chi connectivity index (χ1n) is 6.69. The van der Waals surface area contributed by atoms with Crippen LogP contribution in [0.5, 0.6) is 0 Å². The molecule has 1 aromatic rings. The molecule has 106 valence electrons. The van der Waals surface area contributed by atoms with Gasteiger partial charge >= 0.3 is 0 Å². The van der Waals surface area contributed by atoms with Crippen molar-refractivity contribution in [3.05, 3.63) is 29.8 Å². The second-order valence-electron chi connectivity index (χ2n) is 5.03. The first-order chi connectivity index (χ1) is 9.63. The second-order valence-corrected chi connectivity index (χ2v) is 6.04. The van der Waals surface area contributed by atoms with Crippen LogP contribution >= 0.6 is 11.8 Å². The van der Waals surface area contributed by atoms with Crippen LogP contribution < -0.4 is 0 Å². The zero-order valence-corrected chi connectivity index (χ0v) is 12.3. The number of carbonyl (C=O) groups is 1. The van der Waals surface area contributed by atoms with Crippen molar-refractivity contribution >= 4 is 17.7 Å². The normalized spacial score (nSPS) is 22.4. The Balaban J connectivity index is 2.15. The van der Waals surface area contributed by atoms with Crippen LogP contribution in [0.1, 0.15) is 23.7 Å². The maximum atomic E-state index is 12.6. The van der Waals surface area contributed by atoms with Gasteiger partial charge in [0.2, 0.25) is 0 Å². The lowest BCUT2D eigenvalue weighted by Gasteiger charge is -2.34. The molecule has 0 radical (unpaired) electrons. The van der Waals surface area contributed by atoms with Crippen LogP contribution in [0.2, 0.25) is 0 Å². The van der Waals surface area contributed by atoms with Gasteiger partial charge in [-0.3, -0.25) is 4.79 Å². The number of hydrogen-bond acceptors (Lipinski definition) is 4. The van der Waals surface area contributed by atoms with Crippen molar-refractivity contribution in [3.8, 4) is 6.07 Å². The third kappa shape index (κ3) is 3.33. The number of hydrogen-bond donors (Lipinski definition) is 1. The van der Waals surface area contributed by atoms with Crippen molar-refractivity contribution in [2.75, 3.05) is 18.8 Å². The predicted molar refractivity (Wildman–Crippen MR) is 78.5 cm³/mol. The van der Waals surface area contributed by atoms with Gasteiger partial charge in [-0.2, -0.15) is 5.26 Å². The summed E-state index contributed by atoms with van der Waals surface area (Å²) in [6.07, 6.45) is 0.368. The Bertz CT molecular complexity index is 527. The number of aliphatic hydroxyl groups excluding tert-OH is 1. The molecule has 2 atom stereocenters. The second kappa shape index (κ2) is 6.78. The molecule has 5 heteroatoms. The molecule has 1 heterocycles. The first kappa shape index (κ1) is 14.9. The molecule has 20 heavy (non-hydrogen) atoms. The summed E-state index contributed by atoms with van der Waals surface area (Å²) in [5, 5.41) is 18.6. The van der Waals surface area contributed by atoms with E-state index in [-0.39, 0.29) is 11.8 Å². The van der Waals surface area contributed by atoms with E-state index in [1.54, 1.807) is 11.0 Å². The van der Waals surface area contributed by atoms with E-state index in [2.05, 4.69) is 6.07 Å². The summed E-state index contributed by atoms with van der Waals surface area (Å²) in [5.74, 6) is 0.503. The summed E-state index contributed by atoms with van der Waals surface area (Å²) in [5.41, 5.74) is 0.620. The van der Waals surface area contributed by atoms with Crippen molar-refractivity contribution in [1.82, 2.24) is 4.90 Å². The Morgan fingerprint density at radius 2 is 2.30 bits per heavy atom. The third-order valence-electron chi connectivity index (χ3n) is 3.62. The molecule has 1 fully saturated rings. The van der Waals surface area contributed by atoms with Gasteiger partial charge in [0, 0.05) is 18.0 Å². The zero-order chi connectivity index (χ0) is 14.5. The van der Waals surface area contributed by atoms with Gasteiger partial charge in [-0.15, -0.1) is 11.8 Å². The lowest BCUT2D eigenvalue weighted by Crippen LogP contribution is -2.45. The molecule has 1 amide bonds. The van der Waals surface area contributed by atoms with Crippen molar-refractivity contribution in [2.24, 2.45) is 5.92 Å². The molecular weight excluding hydrogens is 272 g/mol. The van der Waals surface area contributed by atoms with E-state index in [0.29, 0.717) is 24.4 Å². The van der Waals surface area contributed by atoms with Gasteiger partial charge in [0.1, 0.15) is 0 Å². The minimum atomic E-state index is -0.452. The number of nitriles is 1. The Kier molecular flexibility index (Phi) is 5.05. The topological polar surface area (TPSA) is 64.3 Å². The number of rotatable bonds is 3. The fourth-order valence-electron chi connectivity index (χ4n) is 2.28. The average molecular weight is 290 g/mol. The average Bonchev–Trinajstić information content (AvgIpc) is 2.47. The Labute approximate surface area is 123 Å². The van der Waals surface area contributed by atoms with Gasteiger partial charge in [0.05, 0.1) is 23.5 Å². The maximum Gasteiger partial charge on any atom is 0.255 e. The number of β-amino-alcohol motifs (C(OH)–C–C–N with tert-alkyl or cyclic N) is 1. The van der Waals surface area contributed by atoms with Crippen LogP contribution in [0.25, 0.3) is 0 Å². The number of likely N-dealkylation sites (tertiary alicyclic amines) is 1. The van der Waals surface area contributed by atoms with E-state index in [4.69, 9.17) is 5.26 Å². The summed E-state index contributed by atoms with van der Waals surface area (Å²) >= 11 is 1.37. The number of benzene rings is 1. The Morgan fingerprint density at radius 1 is 1.55 bits per heavy atom. The molecule has 0 spiro atoms. The molecule has 2 unspecified atom stereocenters. The van der Waals surface area contributed by atoms with E-state index >= 15 is 0 Å². The first-order valence-corrected chi connectivity index (χ1v) is 7.68. The number of amides is 1. The van der Waals surface area contributed by atoms with Crippen molar-refractivity contribution in [1.29, 1.82) is 5.26 Å². The van der Waals surface area contributed by atoms with Crippen LogP contribution in [0.15, 0.2) is 29.2 Å². The number of carbonyl (C=O) groups excluding carboxylic acids is 1. The summed E-state index contributed by atoms with van der Waals surface area (Å²) in [6.45, 7) is 3.06. The number of piperidine rings is 1. The molecule has 0 saturated carbocycles. The van der Waals surface area contributed by atoms with Crippen LogP contribution in [0.4, 0.5) is 0 Å². The van der Waals surface area contributed by atoms with E-state index in [1.807, 2.05) is 25.1 Å². The fourth-order valence-corrected chi connectivity index (χ4v) is 2.99. The highest BCUT2D eigenvalue weighted by molar-refractivity contribution is 7.99. The van der Waals surface area contributed by atoms with Crippen molar-refractivity contribution < 1.29 is 9.90 Å². The van der Waals surface area contributed by atoms with Gasteiger partial charge in [-0.25, -0.2) is 0 Å². The van der Waals surface area contributed by atoms with Crippen LogP contribution in [0.3, 0.4) is 0 Å². The zero-order valence-electron chi connectivity index (χ0n) is 11.5. The van der Waals surface area contributed by atoms with Gasteiger partial charge in [0.15, 0.2) is 0 Å². The van der Waals surface area contributed by atoms with Gasteiger partial charge in [-0.05, 0) is 24.5 Å². The standard InChI is InChI=1S/C15H18N2O2S/c1-11-6-8-17(10-13(11)18)15(19)12-4-2-3-5-14(12)20-9-7-16/h2-5,11,13,18H,6,8-10H2,1H3. The highest BCUT2D eigenvalue weighted by atomic mass is 32.2. The molecule has 0 aromatic heterocycles. The summed E-state index contributed by atoms with van der Waals surface area (Å²) in [4.78, 5) is 15.1. The summed E-state index contributed by atoms with van der Waals surface area (Å²) in [7, 11) is 0. The quantitative estimate of drug-likeness (QED) is 0.866. The molecule has 2 rings (SSSR count).